The van der Waals surface area contributed by atoms with Crippen LogP contribution in [0.4, 0.5) is 0 Å². The van der Waals surface area contributed by atoms with Crippen LogP contribution in [0, 0.1) is 5.92 Å². The highest BCUT2D eigenvalue weighted by molar-refractivity contribution is 5.78. The lowest BCUT2D eigenvalue weighted by Gasteiger charge is -2.06. The molecule has 1 atom stereocenters. The van der Waals surface area contributed by atoms with Gasteiger partial charge < -0.3 is 5.73 Å². The Kier molecular flexibility index (Phi) is 8.00. The SMILES string of the molecule is CCC(C)CC(=O)CCCCCN. The van der Waals surface area contributed by atoms with Gasteiger partial charge in [0, 0.05) is 12.8 Å². The van der Waals surface area contributed by atoms with E-state index in [-0.39, 0.29) is 0 Å². The Bertz CT molecular complexity index is 134. The maximum Gasteiger partial charge on any atom is 0.133 e. The number of carbonyl (C=O) groups excluding carboxylic acids is 1. The molecule has 1 unspecified atom stereocenters. The summed E-state index contributed by atoms with van der Waals surface area (Å²) < 4.78 is 0. The Morgan fingerprint density at radius 2 is 2.00 bits per heavy atom. The van der Waals surface area contributed by atoms with E-state index in [0.717, 1.165) is 45.1 Å². The lowest BCUT2D eigenvalue weighted by molar-refractivity contribution is -0.120. The summed E-state index contributed by atoms with van der Waals surface area (Å²) in [6.45, 7) is 5.02. The second-order valence-electron chi connectivity index (χ2n) is 3.86. The van der Waals surface area contributed by atoms with E-state index < -0.39 is 0 Å². The van der Waals surface area contributed by atoms with Gasteiger partial charge in [0.1, 0.15) is 5.78 Å². The van der Waals surface area contributed by atoms with Crippen molar-refractivity contribution in [2.75, 3.05) is 6.54 Å². The molecule has 0 aliphatic carbocycles. The zero-order valence-corrected chi connectivity index (χ0v) is 9.01. The molecule has 0 aromatic rings. The molecule has 2 heteroatoms. The van der Waals surface area contributed by atoms with E-state index >= 15 is 0 Å². The molecule has 0 spiro atoms. The molecule has 0 saturated heterocycles. The van der Waals surface area contributed by atoms with Crippen molar-refractivity contribution in [3.63, 3.8) is 0 Å². The molecule has 0 heterocycles. The monoisotopic (exact) mass is 185 g/mol. The van der Waals surface area contributed by atoms with Gasteiger partial charge in [-0.25, -0.2) is 0 Å². The van der Waals surface area contributed by atoms with Gasteiger partial charge in [0.15, 0.2) is 0 Å². The number of ketones is 1. The third-order valence-electron chi connectivity index (χ3n) is 2.43. The van der Waals surface area contributed by atoms with Crippen molar-refractivity contribution < 1.29 is 4.79 Å². The first-order chi connectivity index (χ1) is 6.20. The third-order valence-corrected chi connectivity index (χ3v) is 2.43. The van der Waals surface area contributed by atoms with Gasteiger partial charge >= 0.3 is 0 Å². The molecule has 0 aromatic carbocycles. The van der Waals surface area contributed by atoms with Gasteiger partial charge in [-0.05, 0) is 25.3 Å². The molecule has 0 aliphatic heterocycles. The van der Waals surface area contributed by atoms with Crippen molar-refractivity contribution >= 4 is 5.78 Å². The Balaban J connectivity index is 3.30. The molecule has 0 bridgehead atoms. The van der Waals surface area contributed by atoms with Gasteiger partial charge in [0.2, 0.25) is 0 Å². The van der Waals surface area contributed by atoms with Gasteiger partial charge in [-0.15, -0.1) is 0 Å². The van der Waals surface area contributed by atoms with Gasteiger partial charge in [-0.1, -0.05) is 26.7 Å². The van der Waals surface area contributed by atoms with Gasteiger partial charge in [-0.2, -0.15) is 0 Å². The van der Waals surface area contributed by atoms with Crippen molar-refractivity contribution in [1.29, 1.82) is 0 Å². The number of hydrogen-bond donors (Lipinski definition) is 1. The molecular formula is C11H23NO. The summed E-state index contributed by atoms with van der Waals surface area (Å²) in [6.07, 6.45) is 5.80. The topological polar surface area (TPSA) is 43.1 Å². The van der Waals surface area contributed by atoms with Crippen molar-refractivity contribution in [2.24, 2.45) is 11.7 Å². The predicted molar refractivity (Wildman–Crippen MR) is 56.6 cm³/mol. The lowest BCUT2D eigenvalue weighted by Crippen LogP contribution is -2.05. The number of hydrogen-bond acceptors (Lipinski definition) is 2. The predicted octanol–water partition coefficient (Wildman–Crippen LogP) is 2.51. The van der Waals surface area contributed by atoms with Crippen molar-refractivity contribution in [1.82, 2.24) is 0 Å². The van der Waals surface area contributed by atoms with Gasteiger partial charge in [0.25, 0.3) is 0 Å². The number of carbonyl (C=O) groups is 1. The van der Waals surface area contributed by atoms with Crippen LogP contribution in [0.15, 0.2) is 0 Å². The quantitative estimate of drug-likeness (QED) is 0.590. The molecule has 0 radical (unpaired) electrons. The van der Waals surface area contributed by atoms with Crippen LogP contribution in [0.25, 0.3) is 0 Å². The molecule has 0 saturated carbocycles. The van der Waals surface area contributed by atoms with Crippen LogP contribution in [-0.2, 0) is 4.79 Å². The summed E-state index contributed by atoms with van der Waals surface area (Å²) >= 11 is 0. The van der Waals surface area contributed by atoms with Crippen LogP contribution in [0.2, 0.25) is 0 Å². The second-order valence-corrected chi connectivity index (χ2v) is 3.86. The summed E-state index contributed by atoms with van der Waals surface area (Å²) in [6, 6.07) is 0. The zero-order valence-electron chi connectivity index (χ0n) is 9.01. The van der Waals surface area contributed by atoms with Crippen LogP contribution in [-0.4, -0.2) is 12.3 Å². The summed E-state index contributed by atoms with van der Waals surface area (Å²) in [5.41, 5.74) is 5.36. The third kappa shape index (κ3) is 7.97. The van der Waals surface area contributed by atoms with Gasteiger partial charge in [-0.3, -0.25) is 4.79 Å². The minimum atomic E-state index is 0.423. The van der Waals surface area contributed by atoms with Crippen molar-refractivity contribution in [3.05, 3.63) is 0 Å². The summed E-state index contributed by atoms with van der Waals surface area (Å²) in [7, 11) is 0. The molecule has 78 valence electrons. The van der Waals surface area contributed by atoms with E-state index in [1.807, 2.05) is 0 Å². The largest absolute Gasteiger partial charge is 0.330 e. The molecule has 0 amide bonds. The number of rotatable bonds is 8. The molecule has 0 aromatic heterocycles. The number of nitrogens with two attached hydrogens (primary N) is 1. The molecule has 2 nitrogen and oxygen atoms in total. The Morgan fingerprint density at radius 1 is 1.31 bits per heavy atom. The molecular weight excluding hydrogens is 162 g/mol. The highest BCUT2D eigenvalue weighted by atomic mass is 16.1. The van der Waals surface area contributed by atoms with Gasteiger partial charge in [0.05, 0.1) is 0 Å². The molecule has 0 rings (SSSR count). The number of Topliss-reactive ketones (excluding diaryl/α,β-unsaturated/α-hetero) is 1. The Labute approximate surface area is 81.9 Å². The fourth-order valence-corrected chi connectivity index (χ4v) is 1.28. The maximum absolute atomic E-state index is 11.3. The normalized spacial score (nSPS) is 12.8. The van der Waals surface area contributed by atoms with E-state index in [1.54, 1.807) is 0 Å². The van der Waals surface area contributed by atoms with E-state index in [1.165, 1.54) is 0 Å². The molecule has 2 N–H and O–H groups in total. The first-order valence-corrected chi connectivity index (χ1v) is 5.42. The highest BCUT2D eigenvalue weighted by Crippen LogP contribution is 2.10. The lowest BCUT2D eigenvalue weighted by atomic mass is 9.99. The van der Waals surface area contributed by atoms with E-state index in [9.17, 15) is 4.79 Å². The van der Waals surface area contributed by atoms with Crippen LogP contribution in [0.1, 0.15) is 52.4 Å². The molecule has 0 aliphatic rings. The fourth-order valence-electron chi connectivity index (χ4n) is 1.28. The van der Waals surface area contributed by atoms with Crippen LogP contribution in [0.5, 0.6) is 0 Å². The van der Waals surface area contributed by atoms with Crippen LogP contribution >= 0.6 is 0 Å². The van der Waals surface area contributed by atoms with E-state index in [2.05, 4.69) is 13.8 Å². The minimum Gasteiger partial charge on any atom is -0.330 e. The summed E-state index contributed by atoms with van der Waals surface area (Å²) in [5.74, 6) is 0.980. The van der Waals surface area contributed by atoms with Crippen molar-refractivity contribution in [3.8, 4) is 0 Å². The highest BCUT2D eigenvalue weighted by Gasteiger charge is 2.06. The smallest absolute Gasteiger partial charge is 0.133 e. The summed E-state index contributed by atoms with van der Waals surface area (Å²) in [5, 5.41) is 0. The fraction of sp³-hybridized carbons (Fsp3) is 0.909. The first-order valence-electron chi connectivity index (χ1n) is 5.42. The van der Waals surface area contributed by atoms with Crippen LogP contribution in [0.3, 0.4) is 0 Å². The Hall–Kier alpha value is -0.370. The summed E-state index contributed by atoms with van der Waals surface area (Å²) in [4.78, 5) is 11.3. The maximum atomic E-state index is 11.3. The standard InChI is InChI=1S/C11H23NO/c1-3-10(2)9-11(13)7-5-4-6-8-12/h10H,3-9,12H2,1-2H3. The first kappa shape index (κ1) is 12.6. The average molecular weight is 185 g/mol. The minimum absolute atomic E-state index is 0.423. The van der Waals surface area contributed by atoms with E-state index in [0.29, 0.717) is 11.7 Å². The Morgan fingerprint density at radius 3 is 2.54 bits per heavy atom. The number of unbranched alkanes of at least 4 members (excludes halogenated alkanes) is 2. The average Bonchev–Trinajstić information content (AvgIpc) is 2.12. The van der Waals surface area contributed by atoms with E-state index in [4.69, 9.17) is 5.73 Å². The zero-order chi connectivity index (χ0) is 10.1. The molecule has 0 fully saturated rings. The second kappa shape index (κ2) is 8.24. The van der Waals surface area contributed by atoms with Crippen molar-refractivity contribution in [2.45, 2.75) is 52.4 Å². The van der Waals surface area contributed by atoms with Crippen LogP contribution < -0.4 is 5.73 Å². The molecule has 13 heavy (non-hydrogen) atoms.